The Kier molecular flexibility index (Phi) is 38.1. The van der Waals surface area contributed by atoms with E-state index < -0.39 is 10.4 Å². The fourth-order valence-corrected chi connectivity index (χ4v) is 7.52. The summed E-state index contributed by atoms with van der Waals surface area (Å²) < 4.78 is 33.6. The third-order valence-corrected chi connectivity index (χ3v) is 11.0. The van der Waals surface area contributed by atoms with Crippen LogP contribution in [-0.2, 0) is 24.4 Å². The minimum Gasteiger partial charge on any atom is -0.724 e. The molecular formula is C43H87N3O6S. The lowest BCUT2D eigenvalue weighted by atomic mass is 9.99. The summed E-state index contributed by atoms with van der Waals surface area (Å²) in [6, 6.07) is 0.951. The fourth-order valence-electron chi connectivity index (χ4n) is 7.35. The van der Waals surface area contributed by atoms with Crippen LogP contribution in [0, 0.1) is 0 Å². The van der Waals surface area contributed by atoms with Gasteiger partial charge in [0.1, 0.15) is 13.1 Å². The van der Waals surface area contributed by atoms with E-state index in [-0.39, 0.29) is 0 Å². The van der Waals surface area contributed by atoms with Gasteiger partial charge in [-0.2, -0.15) is 0 Å². The highest BCUT2D eigenvalue weighted by Crippen LogP contribution is 2.17. The maximum Gasteiger partial charge on any atom is 0.245 e. The first-order chi connectivity index (χ1) is 25.7. The maximum absolute atomic E-state index is 12.9. The Bertz CT molecular complexity index is 933. The first kappa shape index (κ1) is 51.8. The molecule has 0 fully saturated rings. The van der Waals surface area contributed by atoms with Gasteiger partial charge in [-0.1, -0.05) is 187 Å². The highest BCUT2D eigenvalue weighted by atomic mass is 32.3. The van der Waals surface area contributed by atoms with Crippen molar-refractivity contribution in [3.63, 3.8) is 0 Å². The highest BCUT2D eigenvalue weighted by molar-refractivity contribution is 7.80. The molecule has 2 unspecified atom stereocenters. The van der Waals surface area contributed by atoms with Crippen LogP contribution >= 0.6 is 0 Å². The summed E-state index contributed by atoms with van der Waals surface area (Å²) in [5, 5.41) is 6.82. The number of nitrogens with zero attached hydrogens (tertiary/aromatic N) is 1. The van der Waals surface area contributed by atoms with E-state index in [2.05, 4.69) is 51.5 Å². The molecule has 1 heterocycles. The Morgan fingerprint density at radius 1 is 0.660 bits per heavy atom. The van der Waals surface area contributed by atoms with Crippen LogP contribution < -0.4 is 10.6 Å². The van der Waals surface area contributed by atoms with Gasteiger partial charge in [0.15, 0.2) is 0 Å². The van der Waals surface area contributed by atoms with E-state index in [9.17, 15) is 17.8 Å². The largest absolute Gasteiger partial charge is 0.724 e. The number of hydrogen-bond donors (Lipinski definition) is 2. The van der Waals surface area contributed by atoms with E-state index in [1.165, 1.54) is 186 Å². The van der Waals surface area contributed by atoms with Crippen LogP contribution in [0.25, 0.3) is 0 Å². The lowest BCUT2D eigenvalue weighted by Gasteiger charge is -2.20. The van der Waals surface area contributed by atoms with Gasteiger partial charge in [-0.05, 0) is 39.0 Å². The third-order valence-electron chi connectivity index (χ3n) is 10.7. The Balaban J connectivity index is 0.00000348. The first-order valence-corrected chi connectivity index (χ1v) is 23.9. The Labute approximate surface area is 328 Å². The molecule has 2 N–H and O–H groups in total. The third kappa shape index (κ3) is 38.8. The smallest absolute Gasteiger partial charge is 0.245 e. The monoisotopic (exact) mass is 774 g/mol. The summed E-state index contributed by atoms with van der Waals surface area (Å²) in [6.45, 7) is 9.14. The standard InChI is InChI=1S/C42H83N3O.CH4O5S/c1-4-6-8-10-12-14-16-18-19-21-23-25-27-29-31-36-42(46)44-41(35-32-33-40(3)45-38-37-43-39-45)34-30-28-26-24-22-20-17-15-13-11-9-7-5-2;1-5-6-7(2,3)4/h39-41H,4-38H2,1-3H3,(H,44,46);1H3,(H,2,3,4). The predicted molar refractivity (Wildman–Crippen MR) is 222 cm³/mol. The van der Waals surface area contributed by atoms with Crippen molar-refractivity contribution in [3.8, 4) is 0 Å². The summed E-state index contributed by atoms with van der Waals surface area (Å²) >= 11 is 0. The molecule has 1 amide bonds. The van der Waals surface area contributed by atoms with E-state index in [0.717, 1.165) is 45.9 Å². The second-order valence-corrected chi connectivity index (χ2v) is 16.7. The molecule has 0 aromatic carbocycles. The minimum absolute atomic E-state index is 0.305. The van der Waals surface area contributed by atoms with Crippen LogP contribution in [-0.4, -0.2) is 62.1 Å². The molecule has 0 radical (unpaired) electrons. The zero-order valence-corrected chi connectivity index (χ0v) is 36.1. The molecule has 2 atom stereocenters. The van der Waals surface area contributed by atoms with Crippen molar-refractivity contribution in [2.75, 3.05) is 20.2 Å². The SMILES string of the molecule is CCCCCCCCCCCCCCCCCC(=O)NC(CCCCCCCCCCCCCCC)CCCC(C)[N+]1=CNCC1.COOS(=O)(=O)[O-]. The second kappa shape index (κ2) is 39.0. The molecule has 0 saturated heterocycles. The van der Waals surface area contributed by atoms with Crippen LogP contribution in [0.15, 0.2) is 0 Å². The summed E-state index contributed by atoms with van der Waals surface area (Å²) in [5.41, 5.74) is 0. The number of carbonyl (C=O) groups is 1. The van der Waals surface area contributed by atoms with Gasteiger partial charge in [-0.15, -0.1) is 4.33 Å². The van der Waals surface area contributed by atoms with Gasteiger partial charge in [0, 0.05) is 12.5 Å². The Hall–Kier alpha value is -1.23. The normalized spacial score (nSPS) is 13.9. The Morgan fingerprint density at radius 3 is 1.42 bits per heavy atom. The van der Waals surface area contributed by atoms with E-state index in [1.54, 1.807) is 0 Å². The topological polar surface area (TPSA) is 120 Å². The van der Waals surface area contributed by atoms with Crippen molar-refractivity contribution >= 4 is 22.6 Å². The predicted octanol–water partition coefficient (Wildman–Crippen LogP) is 11.4. The van der Waals surface area contributed by atoms with E-state index in [4.69, 9.17) is 0 Å². The molecule has 10 heteroatoms. The molecule has 9 nitrogen and oxygen atoms in total. The summed E-state index contributed by atoms with van der Waals surface area (Å²) in [5.74, 6) is 0.305. The lowest BCUT2D eigenvalue weighted by Crippen LogP contribution is -2.35. The van der Waals surface area contributed by atoms with Gasteiger partial charge in [0.2, 0.25) is 22.6 Å². The molecule has 0 aromatic rings. The summed E-state index contributed by atoms with van der Waals surface area (Å²) in [4.78, 5) is 16.4. The first-order valence-electron chi connectivity index (χ1n) is 22.5. The van der Waals surface area contributed by atoms with Crippen LogP contribution in [0.4, 0.5) is 0 Å². The minimum atomic E-state index is -4.65. The maximum atomic E-state index is 12.9. The Morgan fingerprint density at radius 2 is 1.06 bits per heavy atom. The molecule has 0 aliphatic carbocycles. The number of hydrogen-bond acceptors (Lipinski definition) is 7. The second-order valence-electron chi connectivity index (χ2n) is 15.7. The number of carbonyl (C=O) groups excluding carboxylic acids is 1. The van der Waals surface area contributed by atoms with Gasteiger partial charge in [-0.3, -0.25) is 14.7 Å². The average molecular weight is 774 g/mol. The molecule has 316 valence electrons. The quantitative estimate of drug-likeness (QED) is 0.0160. The van der Waals surface area contributed by atoms with Gasteiger partial charge < -0.3 is 9.87 Å². The van der Waals surface area contributed by atoms with Gasteiger partial charge in [0.25, 0.3) is 0 Å². The molecule has 0 spiro atoms. The molecule has 1 rings (SSSR count). The fraction of sp³-hybridized carbons (Fsp3) is 0.953. The molecule has 0 aromatic heterocycles. The molecule has 0 saturated carbocycles. The van der Waals surface area contributed by atoms with Crippen molar-refractivity contribution < 1.29 is 31.6 Å². The molecule has 1 aliphatic heterocycles. The van der Waals surface area contributed by atoms with E-state index >= 15 is 0 Å². The van der Waals surface area contributed by atoms with Crippen molar-refractivity contribution in [2.24, 2.45) is 0 Å². The van der Waals surface area contributed by atoms with Crippen LogP contribution in [0.3, 0.4) is 0 Å². The van der Waals surface area contributed by atoms with Crippen molar-refractivity contribution in [1.29, 1.82) is 0 Å². The zero-order chi connectivity index (χ0) is 39.1. The van der Waals surface area contributed by atoms with Crippen LogP contribution in [0.5, 0.6) is 0 Å². The number of unbranched alkanes of at least 4 members (excludes halogenated alkanes) is 26. The number of nitrogens with one attached hydrogen (secondary N) is 2. The zero-order valence-electron chi connectivity index (χ0n) is 35.3. The summed E-state index contributed by atoms with van der Waals surface area (Å²) in [6.07, 6.45) is 46.3. The summed E-state index contributed by atoms with van der Waals surface area (Å²) in [7, 11) is -3.72. The molecular weight excluding hydrogens is 687 g/mol. The molecule has 0 bridgehead atoms. The number of rotatable bonds is 38. The van der Waals surface area contributed by atoms with Crippen molar-refractivity contribution in [3.05, 3.63) is 0 Å². The van der Waals surface area contributed by atoms with E-state index in [1.807, 2.05) is 0 Å². The number of amides is 1. The van der Waals surface area contributed by atoms with Gasteiger partial charge in [-0.25, -0.2) is 13.3 Å². The molecule has 53 heavy (non-hydrogen) atoms. The lowest BCUT2D eigenvalue weighted by molar-refractivity contribution is -0.550. The average Bonchev–Trinajstić information content (AvgIpc) is 3.67. The highest BCUT2D eigenvalue weighted by Gasteiger charge is 2.18. The van der Waals surface area contributed by atoms with Crippen LogP contribution in [0.2, 0.25) is 0 Å². The van der Waals surface area contributed by atoms with Crippen LogP contribution in [0.1, 0.15) is 233 Å². The van der Waals surface area contributed by atoms with Gasteiger partial charge >= 0.3 is 0 Å². The van der Waals surface area contributed by atoms with Crippen molar-refractivity contribution in [2.45, 2.75) is 245 Å². The van der Waals surface area contributed by atoms with Crippen molar-refractivity contribution in [1.82, 2.24) is 10.6 Å². The van der Waals surface area contributed by atoms with E-state index in [0.29, 0.717) is 18.0 Å². The molecule has 1 aliphatic rings. The van der Waals surface area contributed by atoms with Gasteiger partial charge in [0.05, 0.1) is 13.2 Å².